The molecule has 11 heteroatoms. The molecule has 286 valence electrons. The number of carbonyl (C=O) groups is 2. The van der Waals surface area contributed by atoms with E-state index in [-0.39, 0.29) is 23.9 Å². The minimum Gasteiger partial charge on any atom is -0.367 e. The zero-order chi connectivity index (χ0) is 38.8. The number of carbonyl (C=O) groups excluding carboxylic acids is 2. The van der Waals surface area contributed by atoms with Gasteiger partial charge < -0.3 is 24.5 Å². The molecule has 0 bridgehead atoms. The number of ether oxygens (including phenoxy) is 1. The van der Waals surface area contributed by atoms with Crippen molar-refractivity contribution in [1.29, 1.82) is 0 Å². The van der Waals surface area contributed by atoms with Crippen molar-refractivity contribution in [2.45, 2.75) is 49.9 Å². The van der Waals surface area contributed by atoms with Crippen molar-refractivity contribution < 1.29 is 14.3 Å². The minimum atomic E-state index is -0.646. The molecule has 0 radical (unpaired) electrons. The maximum Gasteiger partial charge on any atom is 0.256 e. The third-order valence-electron chi connectivity index (χ3n) is 11.1. The number of likely N-dealkylation sites (tertiary alicyclic amines) is 2. The number of aromatic nitrogens is 4. The number of halogens is 1. The molecule has 6 aromatic rings. The van der Waals surface area contributed by atoms with E-state index in [1.165, 1.54) is 0 Å². The first-order valence-electron chi connectivity index (χ1n) is 19.2. The molecule has 0 spiro atoms. The van der Waals surface area contributed by atoms with Gasteiger partial charge in [0.2, 0.25) is 5.91 Å². The first-order chi connectivity index (χ1) is 27.3. The summed E-state index contributed by atoms with van der Waals surface area (Å²) < 4.78 is 5.66. The van der Waals surface area contributed by atoms with E-state index in [9.17, 15) is 9.59 Å². The van der Waals surface area contributed by atoms with Crippen molar-refractivity contribution in [1.82, 2.24) is 34.6 Å². The van der Waals surface area contributed by atoms with Gasteiger partial charge in [0.1, 0.15) is 17.7 Å². The summed E-state index contributed by atoms with van der Waals surface area (Å²) in [6.45, 7) is 1.35. The van der Waals surface area contributed by atoms with Crippen LogP contribution in [0.25, 0.3) is 33.6 Å². The number of methoxy groups -OCH3 is 1. The van der Waals surface area contributed by atoms with Crippen LogP contribution in [0.4, 0.5) is 0 Å². The van der Waals surface area contributed by atoms with Crippen molar-refractivity contribution in [3.8, 4) is 33.6 Å². The fraction of sp³-hybridized carbons (Fsp3) is 0.289. The van der Waals surface area contributed by atoms with Gasteiger partial charge in [0, 0.05) is 25.2 Å². The van der Waals surface area contributed by atoms with E-state index in [1.807, 2.05) is 95.8 Å². The van der Waals surface area contributed by atoms with Crippen LogP contribution in [-0.4, -0.2) is 80.7 Å². The van der Waals surface area contributed by atoms with E-state index < -0.39 is 12.1 Å². The zero-order valence-corrected chi connectivity index (χ0v) is 32.6. The lowest BCUT2D eigenvalue weighted by Crippen LogP contribution is -2.40. The van der Waals surface area contributed by atoms with Gasteiger partial charge in [-0.15, -0.1) is 0 Å². The number of amides is 2. The van der Waals surface area contributed by atoms with Crippen molar-refractivity contribution in [3.63, 3.8) is 0 Å². The first-order valence-corrected chi connectivity index (χ1v) is 19.6. The topological polar surface area (TPSA) is 110 Å². The molecule has 0 saturated carbocycles. The van der Waals surface area contributed by atoms with E-state index in [0.29, 0.717) is 18.1 Å². The van der Waals surface area contributed by atoms with Gasteiger partial charge in [0.25, 0.3) is 5.91 Å². The zero-order valence-electron chi connectivity index (χ0n) is 31.9. The maximum atomic E-state index is 14.0. The molecule has 2 fully saturated rings. The monoisotopic (exact) mass is 767 g/mol. The lowest BCUT2D eigenvalue weighted by Gasteiger charge is -2.32. The molecule has 8 rings (SSSR count). The molecule has 4 atom stereocenters. The standard InChI is InChI=1S/C45H46ClN7O3/c1-51(2)40(34-13-7-8-14-35(34)46)44(54)52-25-9-15-38(52)42-47-27-36(49-42)31-21-17-29(18-22-31)30-19-23-32(24-20-30)37-28-48-43(50-37)39-16-10-26-53(39)45(55)41(56-3)33-11-5-4-6-12-33/h4-8,11-14,17-24,27-28,38-41H,9-10,15-16,25-26H2,1-3H3,(H,47,49)(H,48,50)/t38-,39-,40+,41+/m0/s1. The van der Waals surface area contributed by atoms with Crippen LogP contribution in [0, 0.1) is 0 Å². The smallest absolute Gasteiger partial charge is 0.256 e. The number of H-pyrrole nitrogens is 2. The second-order valence-electron chi connectivity index (χ2n) is 14.8. The number of benzene rings is 4. The molecule has 10 nitrogen and oxygen atoms in total. The van der Waals surface area contributed by atoms with E-state index in [2.05, 4.69) is 58.5 Å². The molecule has 2 aromatic heterocycles. The highest BCUT2D eigenvalue weighted by atomic mass is 35.5. The molecule has 4 heterocycles. The fourth-order valence-corrected chi connectivity index (χ4v) is 8.50. The summed E-state index contributed by atoms with van der Waals surface area (Å²) in [5.74, 6) is 1.57. The van der Waals surface area contributed by atoms with Crippen LogP contribution in [0.5, 0.6) is 0 Å². The summed E-state index contributed by atoms with van der Waals surface area (Å²) in [7, 11) is 5.41. The molecule has 2 aliphatic heterocycles. The summed E-state index contributed by atoms with van der Waals surface area (Å²) >= 11 is 6.55. The average Bonchev–Trinajstić information content (AvgIpc) is 4.07. The molecular formula is C45H46ClN7O3. The van der Waals surface area contributed by atoms with Crippen LogP contribution in [0.2, 0.25) is 5.02 Å². The van der Waals surface area contributed by atoms with Gasteiger partial charge in [0.05, 0.1) is 35.9 Å². The highest BCUT2D eigenvalue weighted by molar-refractivity contribution is 6.31. The number of likely N-dealkylation sites (N-methyl/N-ethyl adjacent to an activating group) is 1. The number of hydrogen-bond acceptors (Lipinski definition) is 6. The molecule has 2 amide bonds. The normalized spacial score (nSPS) is 18.1. The fourth-order valence-electron chi connectivity index (χ4n) is 8.26. The van der Waals surface area contributed by atoms with Crippen LogP contribution in [0.15, 0.2) is 116 Å². The van der Waals surface area contributed by atoms with E-state index in [1.54, 1.807) is 7.11 Å². The molecular weight excluding hydrogens is 722 g/mol. The van der Waals surface area contributed by atoms with Crippen molar-refractivity contribution in [2.75, 3.05) is 34.3 Å². The molecule has 0 unspecified atom stereocenters. The summed E-state index contributed by atoms with van der Waals surface area (Å²) in [6, 6.07) is 33.3. The quantitative estimate of drug-likeness (QED) is 0.136. The van der Waals surface area contributed by atoms with Gasteiger partial charge in [-0.25, -0.2) is 9.97 Å². The Labute approximate surface area is 332 Å². The van der Waals surface area contributed by atoms with Gasteiger partial charge in [0.15, 0.2) is 6.10 Å². The first kappa shape index (κ1) is 37.4. The largest absolute Gasteiger partial charge is 0.367 e. The second kappa shape index (κ2) is 16.3. The van der Waals surface area contributed by atoms with Crippen LogP contribution in [0.1, 0.15) is 72.7 Å². The highest BCUT2D eigenvalue weighted by Gasteiger charge is 2.38. The summed E-state index contributed by atoms with van der Waals surface area (Å²) in [6.07, 6.45) is 6.58. The van der Waals surface area contributed by atoms with Crippen molar-refractivity contribution in [3.05, 3.63) is 143 Å². The Balaban J connectivity index is 0.930. The SMILES string of the molecule is CO[C@@H](C(=O)N1CCC[C@H]1c1ncc(-c2ccc(-c3ccc(-c4cnc([C@@H]5CCCN5C(=O)[C@@H](c5ccccc5Cl)N(C)C)[nH]4)cc3)cc2)[nH]1)c1ccccc1. The van der Waals surface area contributed by atoms with Crippen molar-refractivity contribution >= 4 is 23.4 Å². The number of rotatable bonds is 11. The Morgan fingerprint density at radius 2 is 1.18 bits per heavy atom. The molecule has 4 aromatic carbocycles. The Kier molecular flexibility index (Phi) is 10.9. The highest BCUT2D eigenvalue weighted by Crippen LogP contribution is 2.38. The van der Waals surface area contributed by atoms with Gasteiger partial charge in [-0.05, 0) is 79.2 Å². The van der Waals surface area contributed by atoms with Gasteiger partial charge in [-0.2, -0.15) is 0 Å². The third kappa shape index (κ3) is 7.40. The molecule has 56 heavy (non-hydrogen) atoms. The van der Waals surface area contributed by atoms with Crippen molar-refractivity contribution in [2.24, 2.45) is 0 Å². The number of nitrogens with zero attached hydrogens (tertiary/aromatic N) is 5. The predicted molar refractivity (Wildman–Crippen MR) is 218 cm³/mol. The van der Waals surface area contributed by atoms with Gasteiger partial charge >= 0.3 is 0 Å². The van der Waals surface area contributed by atoms with Crippen LogP contribution in [0.3, 0.4) is 0 Å². The molecule has 2 aliphatic rings. The average molecular weight is 768 g/mol. The Morgan fingerprint density at radius 1 is 0.696 bits per heavy atom. The number of hydrogen-bond donors (Lipinski definition) is 2. The number of aromatic amines is 2. The third-order valence-corrected chi connectivity index (χ3v) is 11.5. The Bertz CT molecular complexity index is 2290. The molecule has 0 aliphatic carbocycles. The Hall–Kier alpha value is -5.55. The number of imidazole rings is 2. The van der Waals surface area contributed by atoms with Crippen LogP contribution >= 0.6 is 11.6 Å². The summed E-state index contributed by atoms with van der Waals surface area (Å²) in [4.78, 5) is 49.9. The van der Waals surface area contributed by atoms with Gasteiger partial charge in [-0.1, -0.05) is 109 Å². The summed E-state index contributed by atoms with van der Waals surface area (Å²) in [5.41, 5.74) is 7.71. The lowest BCUT2D eigenvalue weighted by atomic mass is 10.0. The number of nitrogens with one attached hydrogen (secondary N) is 2. The van der Waals surface area contributed by atoms with Crippen LogP contribution in [-0.2, 0) is 14.3 Å². The molecule has 2 saturated heterocycles. The lowest BCUT2D eigenvalue weighted by molar-refractivity contribution is -0.143. The summed E-state index contributed by atoms with van der Waals surface area (Å²) in [5, 5.41) is 0.587. The minimum absolute atomic E-state index is 0.0269. The van der Waals surface area contributed by atoms with Crippen LogP contribution < -0.4 is 0 Å². The van der Waals surface area contributed by atoms with E-state index in [0.717, 1.165) is 82.1 Å². The van der Waals surface area contributed by atoms with Gasteiger partial charge in [-0.3, -0.25) is 14.5 Å². The van der Waals surface area contributed by atoms with E-state index >= 15 is 0 Å². The Morgan fingerprint density at radius 3 is 1.68 bits per heavy atom. The second-order valence-corrected chi connectivity index (χ2v) is 15.2. The predicted octanol–water partition coefficient (Wildman–Crippen LogP) is 8.80. The van der Waals surface area contributed by atoms with E-state index in [4.69, 9.17) is 26.3 Å². The molecule has 2 N–H and O–H groups in total. The maximum absolute atomic E-state index is 14.0.